The van der Waals surface area contributed by atoms with Crippen LogP contribution in [0, 0.1) is 0 Å². The fourth-order valence-electron chi connectivity index (χ4n) is 3.53. The Morgan fingerprint density at radius 3 is 2.88 bits per heavy atom. The van der Waals surface area contributed by atoms with Gasteiger partial charge in [0.05, 0.1) is 6.54 Å². The highest BCUT2D eigenvalue weighted by atomic mass is 127. The molecule has 3 heterocycles. The SMILES string of the molecule is CN=C(NCC1(N(C)C)CCOCC1)NC1CCc2ncnn2C1.I. The van der Waals surface area contributed by atoms with Gasteiger partial charge in [0.2, 0.25) is 0 Å². The monoisotopic (exact) mass is 463 g/mol. The maximum atomic E-state index is 5.54. The summed E-state index contributed by atoms with van der Waals surface area (Å²) >= 11 is 0. The Hall–Kier alpha value is -0.940. The van der Waals surface area contributed by atoms with Crippen molar-refractivity contribution in [2.24, 2.45) is 4.99 Å². The zero-order valence-corrected chi connectivity index (χ0v) is 17.7. The number of hydrogen-bond acceptors (Lipinski definition) is 5. The number of aromatic nitrogens is 3. The van der Waals surface area contributed by atoms with Gasteiger partial charge in [0.15, 0.2) is 5.96 Å². The molecule has 0 aliphatic carbocycles. The third-order valence-corrected chi connectivity index (χ3v) is 5.33. The largest absolute Gasteiger partial charge is 0.381 e. The first kappa shape index (κ1) is 20.4. The Balaban J connectivity index is 0.00000225. The number of ether oxygens (including phenoxy) is 1. The lowest BCUT2D eigenvalue weighted by Crippen LogP contribution is -2.58. The van der Waals surface area contributed by atoms with Gasteiger partial charge in [-0.1, -0.05) is 0 Å². The predicted octanol–water partition coefficient (Wildman–Crippen LogP) is 0.487. The van der Waals surface area contributed by atoms with Crippen LogP contribution in [0.3, 0.4) is 0 Å². The number of aliphatic imine (C=N–C) groups is 1. The van der Waals surface area contributed by atoms with E-state index in [1.165, 1.54) is 0 Å². The summed E-state index contributed by atoms with van der Waals surface area (Å²) in [5.74, 6) is 1.93. The zero-order valence-electron chi connectivity index (χ0n) is 15.4. The van der Waals surface area contributed by atoms with Gasteiger partial charge >= 0.3 is 0 Å². The fourth-order valence-corrected chi connectivity index (χ4v) is 3.53. The molecule has 0 amide bonds. The number of hydrogen-bond donors (Lipinski definition) is 2. The average Bonchev–Trinajstić information content (AvgIpc) is 3.07. The molecule has 1 unspecified atom stereocenters. The van der Waals surface area contributed by atoms with Crippen LogP contribution in [-0.4, -0.2) is 78.1 Å². The molecule has 2 aliphatic rings. The third-order valence-electron chi connectivity index (χ3n) is 5.33. The number of rotatable bonds is 4. The van der Waals surface area contributed by atoms with Gasteiger partial charge in [0.1, 0.15) is 12.2 Å². The summed E-state index contributed by atoms with van der Waals surface area (Å²) in [6.45, 7) is 3.35. The van der Waals surface area contributed by atoms with Crippen LogP contribution in [0.4, 0.5) is 0 Å². The van der Waals surface area contributed by atoms with Crippen molar-refractivity contribution in [3.05, 3.63) is 12.2 Å². The first-order chi connectivity index (χ1) is 11.6. The minimum Gasteiger partial charge on any atom is -0.381 e. The smallest absolute Gasteiger partial charge is 0.191 e. The van der Waals surface area contributed by atoms with E-state index in [2.05, 4.69) is 44.7 Å². The number of halogens is 1. The Bertz CT molecular complexity index is 569. The summed E-state index contributed by atoms with van der Waals surface area (Å²) in [6.07, 6.45) is 5.71. The van der Waals surface area contributed by atoms with Crippen LogP contribution in [0.15, 0.2) is 11.3 Å². The van der Waals surface area contributed by atoms with Crippen molar-refractivity contribution in [2.45, 2.75) is 43.8 Å². The van der Waals surface area contributed by atoms with Crippen molar-refractivity contribution in [3.8, 4) is 0 Å². The minimum absolute atomic E-state index is 0. The summed E-state index contributed by atoms with van der Waals surface area (Å²) < 4.78 is 7.52. The average molecular weight is 463 g/mol. The number of nitrogens with one attached hydrogen (secondary N) is 2. The number of fused-ring (bicyclic) bond motifs is 1. The highest BCUT2D eigenvalue weighted by Gasteiger charge is 2.35. The number of guanidine groups is 1. The van der Waals surface area contributed by atoms with Crippen LogP contribution >= 0.6 is 24.0 Å². The third kappa shape index (κ3) is 4.82. The first-order valence-electron chi connectivity index (χ1n) is 8.72. The molecule has 0 aromatic carbocycles. The van der Waals surface area contributed by atoms with E-state index in [-0.39, 0.29) is 29.5 Å². The van der Waals surface area contributed by atoms with Gasteiger partial charge in [0.25, 0.3) is 0 Å². The lowest BCUT2D eigenvalue weighted by Gasteiger charge is -2.43. The van der Waals surface area contributed by atoms with E-state index >= 15 is 0 Å². The molecule has 8 nitrogen and oxygen atoms in total. The number of likely N-dealkylation sites (N-methyl/N-ethyl adjacent to an activating group) is 1. The summed E-state index contributed by atoms with van der Waals surface area (Å²) in [5, 5.41) is 11.3. The molecule has 1 aromatic rings. The van der Waals surface area contributed by atoms with Gasteiger partial charge < -0.3 is 20.3 Å². The Labute approximate surface area is 166 Å². The van der Waals surface area contributed by atoms with Crippen molar-refractivity contribution in [3.63, 3.8) is 0 Å². The topological polar surface area (TPSA) is 79.6 Å². The molecule has 142 valence electrons. The van der Waals surface area contributed by atoms with Crippen molar-refractivity contribution < 1.29 is 4.74 Å². The number of nitrogens with zero attached hydrogens (tertiary/aromatic N) is 5. The molecule has 0 radical (unpaired) electrons. The quantitative estimate of drug-likeness (QED) is 0.385. The molecular formula is C16H30IN7O. The van der Waals surface area contributed by atoms with E-state index in [9.17, 15) is 0 Å². The maximum Gasteiger partial charge on any atom is 0.191 e. The second-order valence-corrected chi connectivity index (χ2v) is 6.90. The van der Waals surface area contributed by atoms with Gasteiger partial charge in [-0.15, -0.1) is 24.0 Å². The molecule has 9 heteroatoms. The van der Waals surface area contributed by atoms with Gasteiger partial charge in [0, 0.05) is 44.8 Å². The Morgan fingerprint density at radius 1 is 1.44 bits per heavy atom. The molecule has 3 rings (SSSR count). The summed E-state index contributed by atoms with van der Waals surface area (Å²) in [7, 11) is 6.12. The van der Waals surface area contributed by atoms with Crippen LogP contribution in [0.25, 0.3) is 0 Å². The van der Waals surface area contributed by atoms with Crippen molar-refractivity contribution in [1.29, 1.82) is 0 Å². The molecule has 1 atom stereocenters. The summed E-state index contributed by atoms with van der Waals surface area (Å²) in [6, 6.07) is 0.329. The summed E-state index contributed by atoms with van der Waals surface area (Å²) in [5.41, 5.74) is 0.126. The molecule has 25 heavy (non-hydrogen) atoms. The second-order valence-electron chi connectivity index (χ2n) is 6.90. The lowest BCUT2D eigenvalue weighted by molar-refractivity contribution is -0.00503. The molecule has 1 fully saturated rings. The van der Waals surface area contributed by atoms with Gasteiger partial charge in [-0.2, -0.15) is 5.10 Å². The first-order valence-corrected chi connectivity index (χ1v) is 8.72. The summed E-state index contributed by atoms with van der Waals surface area (Å²) in [4.78, 5) is 11.0. The molecule has 1 aromatic heterocycles. The minimum atomic E-state index is 0. The van der Waals surface area contributed by atoms with Crippen LogP contribution in [0.1, 0.15) is 25.1 Å². The highest BCUT2D eigenvalue weighted by Crippen LogP contribution is 2.25. The van der Waals surface area contributed by atoms with Crippen molar-refractivity contribution in [2.75, 3.05) is 40.9 Å². The Morgan fingerprint density at radius 2 is 2.20 bits per heavy atom. The van der Waals surface area contributed by atoms with E-state index in [1.54, 1.807) is 6.33 Å². The molecule has 0 bridgehead atoms. The predicted molar refractivity (Wildman–Crippen MR) is 109 cm³/mol. The van der Waals surface area contributed by atoms with E-state index in [0.29, 0.717) is 6.04 Å². The van der Waals surface area contributed by atoms with Crippen LogP contribution < -0.4 is 10.6 Å². The fraction of sp³-hybridized carbons (Fsp3) is 0.812. The van der Waals surface area contributed by atoms with E-state index in [0.717, 1.165) is 63.8 Å². The lowest BCUT2D eigenvalue weighted by atomic mass is 9.88. The van der Waals surface area contributed by atoms with E-state index in [1.807, 2.05) is 11.7 Å². The molecular weight excluding hydrogens is 433 g/mol. The molecule has 0 spiro atoms. The van der Waals surface area contributed by atoms with Crippen molar-refractivity contribution >= 4 is 29.9 Å². The standard InChI is InChI=1S/C16H29N7O.HI/c1-17-15(18-11-16(22(2)3)6-8-24-9-7-16)21-13-4-5-14-19-12-20-23(14)10-13;/h12-13H,4-11H2,1-3H3,(H2,17,18,21);1H. The van der Waals surface area contributed by atoms with E-state index in [4.69, 9.17) is 4.74 Å². The normalized spacial score (nSPS) is 22.9. The second kappa shape index (κ2) is 9.13. The van der Waals surface area contributed by atoms with Gasteiger partial charge in [-0.25, -0.2) is 9.67 Å². The molecule has 0 saturated carbocycles. The van der Waals surface area contributed by atoms with Gasteiger partial charge in [-0.05, 0) is 33.4 Å². The highest BCUT2D eigenvalue weighted by molar-refractivity contribution is 14.0. The molecule has 1 saturated heterocycles. The van der Waals surface area contributed by atoms with Crippen LogP contribution in [0.5, 0.6) is 0 Å². The Kier molecular flexibility index (Phi) is 7.44. The molecule has 2 N–H and O–H groups in total. The van der Waals surface area contributed by atoms with Crippen molar-refractivity contribution in [1.82, 2.24) is 30.3 Å². The van der Waals surface area contributed by atoms with Gasteiger partial charge in [-0.3, -0.25) is 4.99 Å². The molecule has 2 aliphatic heterocycles. The van der Waals surface area contributed by atoms with Crippen LogP contribution in [0.2, 0.25) is 0 Å². The zero-order chi connectivity index (χ0) is 17.0. The van der Waals surface area contributed by atoms with E-state index < -0.39 is 0 Å². The van der Waals surface area contributed by atoms with Crippen LogP contribution in [-0.2, 0) is 17.7 Å². The number of aryl methyl sites for hydroxylation is 1. The maximum absolute atomic E-state index is 5.54.